The van der Waals surface area contributed by atoms with Gasteiger partial charge >= 0.3 is 0 Å². The molecule has 1 aliphatic heterocycles. The lowest BCUT2D eigenvalue weighted by atomic mass is 10.1. The third-order valence-electron chi connectivity index (χ3n) is 2.70. The molecule has 0 aromatic rings. The topological polar surface area (TPSA) is 0 Å². The van der Waals surface area contributed by atoms with Crippen molar-refractivity contribution in [3.63, 3.8) is 0 Å². The quantitative estimate of drug-likeness (QED) is 0.522. The summed E-state index contributed by atoms with van der Waals surface area (Å²) >= 11 is 4.12. The van der Waals surface area contributed by atoms with E-state index in [9.17, 15) is 0 Å². The first kappa shape index (κ1) is 13.8. The van der Waals surface area contributed by atoms with E-state index in [1.807, 2.05) is 6.08 Å². The number of hydrogen-bond donors (Lipinski definition) is 0. The average Bonchev–Trinajstić information content (AvgIpc) is 2.30. The molecule has 0 N–H and O–H groups in total. The Kier molecular flexibility index (Phi) is 6.16. The second-order valence-electron chi connectivity index (χ2n) is 4.03. The minimum Gasteiger partial charge on any atom is -0.143 e. The highest BCUT2D eigenvalue weighted by Gasteiger charge is 2.31. The first-order valence-corrected chi connectivity index (χ1v) is 7.70. The van der Waals surface area contributed by atoms with Crippen LogP contribution in [0.5, 0.6) is 0 Å². The number of allylic oxidation sites excluding steroid dienone is 3. The smallest absolute Gasteiger partial charge is 0.0722 e. The maximum Gasteiger partial charge on any atom is 0.0722 e. The van der Waals surface area contributed by atoms with Crippen LogP contribution in [-0.4, -0.2) is 15.6 Å². The van der Waals surface area contributed by atoms with Crippen LogP contribution < -0.4 is 0 Å². The lowest BCUT2D eigenvalue weighted by Crippen LogP contribution is -2.24. The molecule has 1 heterocycles. The molecule has 1 aliphatic rings. The van der Waals surface area contributed by atoms with Crippen LogP contribution in [0.4, 0.5) is 0 Å². The van der Waals surface area contributed by atoms with E-state index in [-0.39, 0.29) is 4.08 Å². The minimum atomic E-state index is 0.283. The van der Waals surface area contributed by atoms with Crippen LogP contribution in [0.3, 0.4) is 0 Å². The highest BCUT2D eigenvalue weighted by atomic mass is 32.2. The molecule has 0 amide bonds. The first-order valence-electron chi connectivity index (χ1n) is 5.73. The molecule has 0 aliphatic carbocycles. The van der Waals surface area contributed by atoms with Crippen molar-refractivity contribution >= 4 is 23.5 Å². The molecule has 2 heteroatoms. The number of thioether (sulfide) groups is 2. The molecule has 0 aromatic heterocycles. The van der Waals surface area contributed by atoms with Gasteiger partial charge in [-0.2, -0.15) is 0 Å². The summed E-state index contributed by atoms with van der Waals surface area (Å²) in [6, 6.07) is 0. The zero-order valence-corrected chi connectivity index (χ0v) is 11.6. The number of terminal acetylenes is 1. The van der Waals surface area contributed by atoms with Crippen LogP contribution >= 0.6 is 23.5 Å². The maximum atomic E-state index is 5.49. The first-order chi connectivity index (χ1) is 7.72. The lowest BCUT2D eigenvalue weighted by molar-refractivity contribution is 0.732. The molecule has 0 atom stereocenters. The zero-order chi connectivity index (χ0) is 11.9. The van der Waals surface area contributed by atoms with Crippen LogP contribution in [0, 0.1) is 12.3 Å². The van der Waals surface area contributed by atoms with E-state index < -0.39 is 0 Å². The Bertz CT molecular complexity index is 290. The molecule has 0 unspecified atom stereocenters. The summed E-state index contributed by atoms with van der Waals surface area (Å²) in [5.74, 6) is 5.37. The summed E-state index contributed by atoms with van der Waals surface area (Å²) in [7, 11) is 0. The van der Waals surface area contributed by atoms with E-state index in [0.717, 1.165) is 12.8 Å². The molecular formula is C14H20S2. The average molecular weight is 252 g/mol. The van der Waals surface area contributed by atoms with E-state index in [4.69, 9.17) is 6.42 Å². The summed E-state index contributed by atoms with van der Waals surface area (Å²) in [5.41, 5.74) is 1.27. The Morgan fingerprint density at radius 3 is 2.75 bits per heavy atom. The molecule has 0 radical (unpaired) electrons. The Morgan fingerprint density at radius 2 is 2.19 bits per heavy atom. The van der Waals surface area contributed by atoms with Gasteiger partial charge < -0.3 is 0 Å². The number of hydrogen-bond acceptors (Lipinski definition) is 2. The molecule has 1 fully saturated rings. The zero-order valence-electron chi connectivity index (χ0n) is 10.00. The highest BCUT2D eigenvalue weighted by Crippen LogP contribution is 2.47. The van der Waals surface area contributed by atoms with E-state index >= 15 is 0 Å². The second kappa shape index (κ2) is 7.14. The Labute approximate surface area is 108 Å². The van der Waals surface area contributed by atoms with Gasteiger partial charge in [-0.15, -0.1) is 35.9 Å². The van der Waals surface area contributed by atoms with E-state index in [2.05, 4.69) is 49.0 Å². The van der Waals surface area contributed by atoms with Crippen LogP contribution in [0.25, 0.3) is 0 Å². The van der Waals surface area contributed by atoms with Gasteiger partial charge in [-0.05, 0) is 37.7 Å². The second-order valence-corrected chi connectivity index (χ2v) is 7.25. The molecular weight excluding hydrogens is 232 g/mol. The van der Waals surface area contributed by atoms with Crippen molar-refractivity contribution in [2.45, 2.75) is 36.7 Å². The summed E-state index contributed by atoms with van der Waals surface area (Å²) in [6.07, 6.45) is 14.2. The maximum absolute atomic E-state index is 5.49. The van der Waals surface area contributed by atoms with Gasteiger partial charge in [0.15, 0.2) is 0 Å². The van der Waals surface area contributed by atoms with Gasteiger partial charge in [0, 0.05) is 6.42 Å². The molecule has 1 saturated heterocycles. The summed E-state index contributed by atoms with van der Waals surface area (Å²) < 4.78 is 0.283. The molecule has 0 nitrogen and oxygen atoms in total. The van der Waals surface area contributed by atoms with Crippen molar-refractivity contribution < 1.29 is 0 Å². The van der Waals surface area contributed by atoms with Crippen LogP contribution in [-0.2, 0) is 0 Å². The normalized spacial score (nSPS) is 20.1. The van der Waals surface area contributed by atoms with Gasteiger partial charge in [0.25, 0.3) is 0 Å². The van der Waals surface area contributed by atoms with Crippen molar-refractivity contribution in [2.24, 2.45) is 0 Å². The minimum absolute atomic E-state index is 0.283. The van der Waals surface area contributed by atoms with Gasteiger partial charge in [0.05, 0.1) is 4.08 Å². The predicted molar refractivity (Wildman–Crippen MR) is 78.9 cm³/mol. The summed E-state index contributed by atoms with van der Waals surface area (Å²) in [4.78, 5) is 0. The predicted octanol–water partition coefficient (Wildman–Crippen LogP) is 4.49. The fourth-order valence-electron chi connectivity index (χ4n) is 1.71. The number of rotatable bonds is 5. The SMILES string of the molecule is C#CCC1(CC/C=C(\C)C=C)SCCCS1. The van der Waals surface area contributed by atoms with Gasteiger partial charge in [-0.1, -0.05) is 24.3 Å². The van der Waals surface area contributed by atoms with E-state index in [0.29, 0.717) is 0 Å². The largest absolute Gasteiger partial charge is 0.143 e. The Hall–Kier alpha value is -0.260. The van der Waals surface area contributed by atoms with Crippen molar-refractivity contribution in [3.8, 4) is 12.3 Å². The summed E-state index contributed by atoms with van der Waals surface area (Å²) in [5, 5.41) is 0. The molecule has 0 aromatic carbocycles. The van der Waals surface area contributed by atoms with Gasteiger partial charge in [0.2, 0.25) is 0 Å². The molecule has 0 bridgehead atoms. The van der Waals surface area contributed by atoms with E-state index in [1.165, 1.54) is 29.9 Å². The van der Waals surface area contributed by atoms with Gasteiger partial charge in [-0.3, -0.25) is 0 Å². The van der Waals surface area contributed by atoms with Crippen molar-refractivity contribution in [2.75, 3.05) is 11.5 Å². The monoisotopic (exact) mass is 252 g/mol. The molecule has 1 rings (SSSR count). The summed E-state index contributed by atoms with van der Waals surface area (Å²) in [6.45, 7) is 5.87. The van der Waals surface area contributed by atoms with Crippen molar-refractivity contribution in [1.29, 1.82) is 0 Å². The fraction of sp³-hybridized carbons (Fsp3) is 0.571. The third kappa shape index (κ3) is 4.31. The van der Waals surface area contributed by atoms with Crippen LogP contribution in [0.1, 0.15) is 32.6 Å². The van der Waals surface area contributed by atoms with Crippen LogP contribution in [0.2, 0.25) is 0 Å². The lowest BCUT2D eigenvalue weighted by Gasteiger charge is -2.34. The van der Waals surface area contributed by atoms with Gasteiger partial charge in [0.1, 0.15) is 0 Å². The van der Waals surface area contributed by atoms with Gasteiger partial charge in [-0.25, -0.2) is 0 Å². The third-order valence-corrected chi connectivity index (χ3v) is 6.15. The Morgan fingerprint density at radius 1 is 1.50 bits per heavy atom. The van der Waals surface area contributed by atoms with Crippen LogP contribution in [0.15, 0.2) is 24.3 Å². The molecule has 0 spiro atoms. The van der Waals surface area contributed by atoms with Crippen molar-refractivity contribution in [3.05, 3.63) is 24.3 Å². The Balaban J connectivity index is 2.51. The van der Waals surface area contributed by atoms with Crippen molar-refractivity contribution in [1.82, 2.24) is 0 Å². The van der Waals surface area contributed by atoms with E-state index in [1.54, 1.807) is 0 Å². The highest BCUT2D eigenvalue weighted by molar-refractivity contribution is 8.18. The molecule has 16 heavy (non-hydrogen) atoms. The fourth-order valence-corrected chi connectivity index (χ4v) is 4.94. The molecule has 0 saturated carbocycles. The molecule has 88 valence electrons. The standard InChI is InChI=1S/C14H20S2/c1-4-9-14(15-11-7-12-16-14)10-6-8-13(3)5-2/h1,5,8H,2,6-7,9-12H2,3H3/b13-8+.